The lowest BCUT2D eigenvalue weighted by molar-refractivity contribution is 0.0734. The number of ether oxygens (including phenoxy) is 3. The van der Waals surface area contributed by atoms with Gasteiger partial charge in [-0.3, -0.25) is 0 Å². The summed E-state index contributed by atoms with van der Waals surface area (Å²) in [6.07, 6.45) is 5.73. The number of carbonyl (C=O) groups is 1. The first-order valence-electron chi connectivity index (χ1n) is 9.54. The molecule has 4 heteroatoms. The van der Waals surface area contributed by atoms with Gasteiger partial charge in [-0.1, -0.05) is 30.9 Å². The molecule has 2 aromatic rings. The van der Waals surface area contributed by atoms with Gasteiger partial charge in [-0.25, -0.2) is 4.79 Å². The zero-order valence-electron chi connectivity index (χ0n) is 16.5. The average Bonchev–Trinajstić information content (AvgIpc) is 2.71. The summed E-state index contributed by atoms with van der Waals surface area (Å²) in [5.41, 5.74) is 1.61. The van der Waals surface area contributed by atoms with E-state index in [4.69, 9.17) is 14.2 Å². The minimum absolute atomic E-state index is 0.378. The second-order valence-electron chi connectivity index (χ2n) is 6.51. The SMILES string of the molecule is C=CC(=C)OCCCCCCOc1ccc(C(=O)Oc2ccc(C)cc2)cc1. The number of hydrogen-bond acceptors (Lipinski definition) is 4. The number of aryl methyl sites for hydroxylation is 1. The molecule has 0 N–H and O–H groups in total. The maximum absolute atomic E-state index is 12.2. The van der Waals surface area contributed by atoms with Crippen LogP contribution in [0.25, 0.3) is 0 Å². The molecule has 0 unspecified atom stereocenters. The van der Waals surface area contributed by atoms with E-state index in [1.165, 1.54) is 0 Å². The van der Waals surface area contributed by atoms with Gasteiger partial charge in [-0.15, -0.1) is 0 Å². The lowest BCUT2D eigenvalue weighted by Gasteiger charge is -2.08. The molecule has 0 heterocycles. The van der Waals surface area contributed by atoms with Gasteiger partial charge >= 0.3 is 5.97 Å². The number of unbranched alkanes of at least 4 members (excludes halogenated alkanes) is 3. The van der Waals surface area contributed by atoms with Crippen molar-refractivity contribution in [1.29, 1.82) is 0 Å². The highest BCUT2D eigenvalue weighted by Gasteiger charge is 2.08. The smallest absolute Gasteiger partial charge is 0.343 e. The van der Waals surface area contributed by atoms with Gasteiger partial charge in [0.25, 0.3) is 0 Å². The summed E-state index contributed by atoms with van der Waals surface area (Å²) in [4.78, 5) is 12.2. The van der Waals surface area contributed by atoms with Crippen molar-refractivity contribution in [2.24, 2.45) is 0 Å². The molecule has 0 saturated heterocycles. The van der Waals surface area contributed by atoms with Crippen LogP contribution in [0.4, 0.5) is 0 Å². The molecule has 0 aliphatic heterocycles. The maximum Gasteiger partial charge on any atom is 0.343 e. The van der Waals surface area contributed by atoms with Crippen molar-refractivity contribution in [1.82, 2.24) is 0 Å². The zero-order valence-corrected chi connectivity index (χ0v) is 16.5. The highest BCUT2D eigenvalue weighted by atomic mass is 16.5. The lowest BCUT2D eigenvalue weighted by Crippen LogP contribution is -2.08. The van der Waals surface area contributed by atoms with Crippen LogP contribution < -0.4 is 9.47 Å². The Morgan fingerprint density at radius 3 is 2.14 bits per heavy atom. The average molecular weight is 380 g/mol. The molecule has 0 aromatic heterocycles. The van der Waals surface area contributed by atoms with Gasteiger partial charge in [0, 0.05) is 0 Å². The first kappa shape index (κ1) is 21.3. The highest BCUT2D eigenvalue weighted by Crippen LogP contribution is 2.17. The van der Waals surface area contributed by atoms with Crippen molar-refractivity contribution in [3.8, 4) is 11.5 Å². The largest absolute Gasteiger partial charge is 0.494 e. The molecule has 0 amide bonds. The summed E-state index contributed by atoms with van der Waals surface area (Å²) in [6.45, 7) is 10.6. The van der Waals surface area contributed by atoms with Crippen molar-refractivity contribution in [2.75, 3.05) is 13.2 Å². The van der Waals surface area contributed by atoms with Crippen LogP contribution in [0.2, 0.25) is 0 Å². The maximum atomic E-state index is 12.2. The molecule has 0 aliphatic rings. The fraction of sp³-hybridized carbons (Fsp3) is 0.292. The molecule has 2 aromatic carbocycles. The Hall–Kier alpha value is -3.01. The molecule has 0 fully saturated rings. The van der Waals surface area contributed by atoms with Crippen molar-refractivity contribution in [3.05, 3.63) is 84.7 Å². The molecule has 2 rings (SSSR count). The van der Waals surface area contributed by atoms with Gasteiger partial charge in [-0.05, 0) is 75.1 Å². The second-order valence-corrected chi connectivity index (χ2v) is 6.51. The third-order valence-electron chi connectivity index (χ3n) is 4.14. The molecule has 0 bridgehead atoms. The van der Waals surface area contributed by atoms with Crippen LogP contribution in [-0.2, 0) is 4.74 Å². The van der Waals surface area contributed by atoms with Crippen LogP contribution >= 0.6 is 0 Å². The Bertz CT molecular complexity index is 760. The first-order chi connectivity index (χ1) is 13.6. The van der Waals surface area contributed by atoms with E-state index in [2.05, 4.69) is 13.2 Å². The van der Waals surface area contributed by atoms with Gasteiger partial charge < -0.3 is 14.2 Å². The topological polar surface area (TPSA) is 44.8 Å². The monoisotopic (exact) mass is 380 g/mol. The quantitative estimate of drug-likeness (QED) is 0.152. The Morgan fingerprint density at radius 1 is 0.893 bits per heavy atom. The Labute approximate surface area is 167 Å². The van der Waals surface area contributed by atoms with Crippen LogP contribution in [-0.4, -0.2) is 19.2 Å². The van der Waals surface area contributed by atoms with Crippen LogP contribution in [0, 0.1) is 6.92 Å². The molecule has 4 nitrogen and oxygen atoms in total. The molecular formula is C24H28O4. The van der Waals surface area contributed by atoms with E-state index in [1.807, 2.05) is 19.1 Å². The Morgan fingerprint density at radius 2 is 1.50 bits per heavy atom. The molecular weight excluding hydrogens is 352 g/mol. The Kier molecular flexibility index (Phi) is 8.86. The lowest BCUT2D eigenvalue weighted by atomic mass is 10.2. The van der Waals surface area contributed by atoms with E-state index in [-0.39, 0.29) is 5.97 Å². The summed E-state index contributed by atoms with van der Waals surface area (Å²) in [7, 11) is 0. The minimum atomic E-state index is -0.378. The van der Waals surface area contributed by atoms with Crippen LogP contribution in [0.5, 0.6) is 11.5 Å². The fourth-order valence-electron chi connectivity index (χ4n) is 2.47. The number of esters is 1. The summed E-state index contributed by atoms with van der Waals surface area (Å²) in [5, 5.41) is 0. The molecule has 148 valence electrons. The third-order valence-corrected chi connectivity index (χ3v) is 4.14. The van der Waals surface area contributed by atoms with Crippen LogP contribution in [0.3, 0.4) is 0 Å². The highest BCUT2D eigenvalue weighted by molar-refractivity contribution is 5.91. The number of hydrogen-bond donors (Lipinski definition) is 0. The van der Waals surface area contributed by atoms with Gasteiger partial charge in [0.2, 0.25) is 0 Å². The van der Waals surface area contributed by atoms with Crippen molar-refractivity contribution in [3.63, 3.8) is 0 Å². The molecule has 0 saturated carbocycles. The van der Waals surface area contributed by atoms with Crippen molar-refractivity contribution in [2.45, 2.75) is 32.6 Å². The van der Waals surface area contributed by atoms with E-state index in [1.54, 1.807) is 42.5 Å². The van der Waals surface area contributed by atoms with Crippen molar-refractivity contribution >= 4 is 5.97 Å². The van der Waals surface area contributed by atoms with Gasteiger partial charge in [0.05, 0.1) is 18.8 Å². The number of carbonyl (C=O) groups excluding carboxylic acids is 1. The summed E-state index contributed by atoms with van der Waals surface area (Å²) < 4.78 is 16.4. The normalized spacial score (nSPS) is 10.2. The predicted molar refractivity (Wildman–Crippen MR) is 112 cm³/mol. The Balaban J connectivity index is 1.64. The van der Waals surface area contributed by atoms with E-state index in [0.29, 0.717) is 30.3 Å². The zero-order chi connectivity index (χ0) is 20.2. The van der Waals surface area contributed by atoms with E-state index in [0.717, 1.165) is 37.0 Å². The molecule has 0 radical (unpaired) electrons. The third kappa shape index (κ3) is 7.70. The molecule has 0 atom stereocenters. The number of rotatable bonds is 12. The number of allylic oxidation sites excluding steroid dienone is 1. The van der Waals surface area contributed by atoms with E-state index >= 15 is 0 Å². The van der Waals surface area contributed by atoms with Crippen molar-refractivity contribution < 1.29 is 19.0 Å². The minimum Gasteiger partial charge on any atom is -0.494 e. The molecule has 0 aliphatic carbocycles. The van der Waals surface area contributed by atoms with Crippen LogP contribution in [0.15, 0.2) is 73.5 Å². The molecule has 0 spiro atoms. The van der Waals surface area contributed by atoms with E-state index < -0.39 is 0 Å². The van der Waals surface area contributed by atoms with Crippen LogP contribution in [0.1, 0.15) is 41.6 Å². The van der Waals surface area contributed by atoms with E-state index in [9.17, 15) is 4.79 Å². The van der Waals surface area contributed by atoms with Gasteiger partial charge in [0.1, 0.15) is 17.3 Å². The van der Waals surface area contributed by atoms with Gasteiger partial charge in [0.15, 0.2) is 0 Å². The van der Waals surface area contributed by atoms with Gasteiger partial charge in [-0.2, -0.15) is 0 Å². The molecule has 28 heavy (non-hydrogen) atoms. The summed E-state index contributed by atoms with van der Waals surface area (Å²) in [5.74, 6) is 1.53. The first-order valence-corrected chi connectivity index (χ1v) is 9.54. The summed E-state index contributed by atoms with van der Waals surface area (Å²) in [6, 6.07) is 14.4. The standard InChI is InChI=1S/C24H28O4/c1-4-20(3)26-17-7-5-6-8-18-27-22-15-11-21(12-16-22)24(25)28-23-13-9-19(2)10-14-23/h4,9-16H,1,3,5-8,17-18H2,2H3. The number of benzene rings is 2. The second kappa shape index (κ2) is 11.7. The predicted octanol–water partition coefficient (Wildman–Crippen LogP) is 5.87. The summed E-state index contributed by atoms with van der Waals surface area (Å²) >= 11 is 0. The fourth-order valence-corrected chi connectivity index (χ4v) is 2.47.